The topological polar surface area (TPSA) is 63.8 Å². The third kappa shape index (κ3) is 3.17. The molecule has 0 unspecified atom stereocenters. The maximum Gasteiger partial charge on any atom is 0.151 e. The number of nitrogens with one attached hydrogen (secondary N) is 1. The van der Waals surface area contributed by atoms with Crippen LogP contribution in [0.1, 0.15) is 18.9 Å². The third-order valence-corrected chi connectivity index (χ3v) is 2.42. The minimum atomic E-state index is 0.414. The van der Waals surface area contributed by atoms with Crippen molar-refractivity contribution in [2.24, 2.45) is 0 Å². The number of nitrogen functional groups attached to an aromatic ring is 1. The SMILES string of the molecule is CCCc1ccc(Nc2cncc(N)n2)cc1. The van der Waals surface area contributed by atoms with Gasteiger partial charge in [0.05, 0.1) is 12.4 Å². The highest BCUT2D eigenvalue weighted by Gasteiger charge is 1.97. The van der Waals surface area contributed by atoms with Crippen LogP contribution in [0.5, 0.6) is 0 Å². The molecule has 0 aliphatic heterocycles. The lowest BCUT2D eigenvalue weighted by molar-refractivity contribution is 0.922. The van der Waals surface area contributed by atoms with E-state index in [1.54, 1.807) is 6.20 Å². The molecule has 0 radical (unpaired) electrons. The van der Waals surface area contributed by atoms with Crippen LogP contribution in [0, 0.1) is 0 Å². The van der Waals surface area contributed by atoms with E-state index < -0.39 is 0 Å². The fourth-order valence-electron chi connectivity index (χ4n) is 1.63. The summed E-state index contributed by atoms with van der Waals surface area (Å²) in [5.74, 6) is 1.07. The number of benzene rings is 1. The van der Waals surface area contributed by atoms with E-state index in [0.29, 0.717) is 11.6 Å². The summed E-state index contributed by atoms with van der Waals surface area (Å²) < 4.78 is 0. The summed E-state index contributed by atoms with van der Waals surface area (Å²) in [5, 5.41) is 3.16. The highest BCUT2D eigenvalue weighted by molar-refractivity contribution is 5.56. The average Bonchev–Trinajstić information content (AvgIpc) is 2.32. The van der Waals surface area contributed by atoms with Crippen molar-refractivity contribution in [2.75, 3.05) is 11.1 Å². The number of anilines is 3. The Morgan fingerprint density at radius 2 is 1.94 bits per heavy atom. The van der Waals surface area contributed by atoms with Crippen LogP contribution >= 0.6 is 0 Å². The van der Waals surface area contributed by atoms with E-state index >= 15 is 0 Å². The number of hydrogen-bond acceptors (Lipinski definition) is 4. The first-order valence-corrected chi connectivity index (χ1v) is 5.71. The molecule has 0 atom stereocenters. The van der Waals surface area contributed by atoms with Crippen molar-refractivity contribution < 1.29 is 0 Å². The number of aromatic nitrogens is 2. The minimum absolute atomic E-state index is 0.414. The molecule has 0 spiro atoms. The van der Waals surface area contributed by atoms with Crippen molar-refractivity contribution in [3.63, 3.8) is 0 Å². The van der Waals surface area contributed by atoms with Crippen molar-refractivity contribution in [2.45, 2.75) is 19.8 Å². The Morgan fingerprint density at radius 1 is 1.18 bits per heavy atom. The molecule has 0 bridgehead atoms. The highest BCUT2D eigenvalue weighted by atomic mass is 15.0. The van der Waals surface area contributed by atoms with Gasteiger partial charge in [-0.15, -0.1) is 0 Å². The summed E-state index contributed by atoms with van der Waals surface area (Å²) in [6.07, 6.45) is 5.44. The Kier molecular flexibility index (Phi) is 3.55. The molecule has 4 heteroatoms. The quantitative estimate of drug-likeness (QED) is 0.844. The van der Waals surface area contributed by atoms with Gasteiger partial charge in [0.1, 0.15) is 5.82 Å². The normalized spacial score (nSPS) is 10.2. The lowest BCUT2D eigenvalue weighted by atomic mass is 10.1. The van der Waals surface area contributed by atoms with Crippen LogP contribution in [0.3, 0.4) is 0 Å². The maximum atomic E-state index is 5.56. The second-order valence-corrected chi connectivity index (χ2v) is 3.90. The Hall–Kier alpha value is -2.10. The highest BCUT2D eigenvalue weighted by Crippen LogP contribution is 2.15. The van der Waals surface area contributed by atoms with Crippen LogP contribution in [0.25, 0.3) is 0 Å². The summed E-state index contributed by atoms with van der Waals surface area (Å²) >= 11 is 0. The molecule has 3 N–H and O–H groups in total. The molecule has 0 fully saturated rings. The summed E-state index contributed by atoms with van der Waals surface area (Å²) in [4.78, 5) is 8.11. The molecule has 0 aliphatic carbocycles. The number of hydrogen-bond donors (Lipinski definition) is 2. The van der Waals surface area contributed by atoms with E-state index in [4.69, 9.17) is 5.73 Å². The first-order valence-electron chi connectivity index (χ1n) is 5.71. The van der Waals surface area contributed by atoms with Gasteiger partial charge in [0.2, 0.25) is 0 Å². The Morgan fingerprint density at radius 3 is 2.59 bits per heavy atom. The zero-order chi connectivity index (χ0) is 12.1. The largest absolute Gasteiger partial charge is 0.382 e. The summed E-state index contributed by atoms with van der Waals surface area (Å²) in [5.41, 5.74) is 7.90. The van der Waals surface area contributed by atoms with Gasteiger partial charge in [0.25, 0.3) is 0 Å². The predicted molar refractivity (Wildman–Crippen MR) is 70.2 cm³/mol. The van der Waals surface area contributed by atoms with Crippen molar-refractivity contribution >= 4 is 17.3 Å². The molecule has 88 valence electrons. The van der Waals surface area contributed by atoms with E-state index in [0.717, 1.165) is 18.5 Å². The van der Waals surface area contributed by atoms with Crippen LogP contribution in [0.15, 0.2) is 36.7 Å². The van der Waals surface area contributed by atoms with Gasteiger partial charge in [-0.3, -0.25) is 4.98 Å². The molecule has 2 aromatic rings. The fourth-order valence-corrected chi connectivity index (χ4v) is 1.63. The van der Waals surface area contributed by atoms with Crippen LogP contribution in [0.2, 0.25) is 0 Å². The van der Waals surface area contributed by atoms with Gasteiger partial charge in [0.15, 0.2) is 5.82 Å². The monoisotopic (exact) mass is 228 g/mol. The van der Waals surface area contributed by atoms with Gasteiger partial charge in [-0.1, -0.05) is 25.5 Å². The predicted octanol–water partition coefficient (Wildman–Crippen LogP) is 2.75. The van der Waals surface area contributed by atoms with Crippen LogP contribution in [0.4, 0.5) is 17.3 Å². The summed E-state index contributed by atoms with van der Waals surface area (Å²) in [7, 11) is 0. The van der Waals surface area contributed by atoms with E-state index in [1.807, 2.05) is 12.1 Å². The Bertz CT molecular complexity index is 479. The van der Waals surface area contributed by atoms with Gasteiger partial charge in [-0.2, -0.15) is 0 Å². The molecule has 17 heavy (non-hydrogen) atoms. The number of nitrogens with two attached hydrogens (primary N) is 1. The van der Waals surface area contributed by atoms with E-state index in [1.165, 1.54) is 11.8 Å². The van der Waals surface area contributed by atoms with Gasteiger partial charge >= 0.3 is 0 Å². The zero-order valence-corrected chi connectivity index (χ0v) is 9.85. The first-order chi connectivity index (χ1) is 8.28. The first kappa shape index (κ1) is 11.4. The standard InChI is InChI=1S/C13H16N4/c1-2-3-10-4-6-11(7-5-10)16-13-9-15-8-12(14)17-13/h4-9H,2-3H2,1H3,(H3,14,16,17). The summed E-state index contributed by atoms with van der Waals surface area (Å²) in [6, 6.07) is 8.31. The third-order valence-electron chi connectivity index (χ3n) is 2.42. The fraction of sp³-hybridized carbons (Fsp3) is 0.231. The molecule has 1 heterocycles. The van der Waals surface area contributed by atoms with Crippen molar-refractivity contribution in [1.82, 2.24) is 9.97 Å². The van der Waals surface area contributed by atoms with Crippen molar-refractivity contribution in [3.8, 4) is 0 Å². The second kappa shape index (κ2) is 5.30. The molecular formula is C13H16N4. The van der Waals surface area contributed by atoms with E-state index in [9.17, 15) is 0 Å². The molecule has 0 saturated carbocycles. The maximum absolute atomic E-state index is 5.56. The van der Waals surface area contributed by atoms with E-state index in [2.05, 4.69) is 34.3 Å². The smallest absolute Gasteiger partial charge is 0.151 e. The molecule has 2 rings (SSSR count). The van der Waals surface area contributed by atoms with Gasteiger partial charge in [0, 0.05) is 5.69 Å². The van der Waals surface area contributed by atoms with Crippen LogP contribution in [-0.4, -0.2) is 9.97 Å². The van der Waals surface area contributed by atoms with Crippen LogP contribution in [-0.2, 0) is 6.42 Å². The Balaban J connectivity index is 2.08. The molecule has 1 aromatic heterocycles. The molecular weight excluding hydrogens is 212 g/mol. The van der Waals surface area contributed by atoms with Gasteiger partial charge in [-0.05, 0) is 24.1 Å². The molecule has 0 amide bonds. The molecule has 0 aliphatic rings. The average molecular weight is 228 g/mol. The lowest BCUT2D eigenvalue weighted by Crippen LogP contribution is -1.98. The second-order valence-electron chi connectivity index (χ2n) is 3.90. The van der Waals surface area contributed by atoms with E-state index in [-0.39, 0.29) is 0 Å². The van der Waals surface area contributed by atoms with Crippen LogP contribution < -0.4 is 11.1 Å². The van der Waals surface area contributed by atoms with Crippen molar-refractivity contribution in [3.05, 3.63) is 42.2 Å². The number of aryl methyl sites for hydroxylation is 1. The van der Waals surface area contributed by atoms with Gasteiger partial charge < -0.3 is 11.1 Å². The molecule has 0 saturated heterocycles. The number of rotatable bonds is 4. The lowest BCUT2D eigenvalue weighted by Gasteiger charge is -2.06. The van der Waals surface area contributed by atoms with Crippen molar-refractivity contribution in [1.29, 1.82) is 0 Å². The zero-order valence-electron chi connectivity index (χ0n) is 9.85. The number of nitrogens with zero attached hydrogens (tertiary/aromatic N) is 2. The Labute approximate surface area is 101 Å². The molecule has 1 aromatic carbocycles. The van der Waals surface area contributed by atoms with Gasteiger partial charge in [-0.25, -0.2) is 4.98 Å². The minimum Gasteiger partial charge on any atom is -0.382 e. The molecule has 4 nitrogen and oxygen atoms in total. The summed E-state index contributed by atoms with van der Waals surface area (Å²) in [6.45, 7) is 2.18.